The van der Waals surface area contributed by atoms with Gasteiger partial charge in [0.05, 0.1) is 21.9 Å². The highest BCUT2D eigenvalue weighted by Gasteiger charge is 2.27. The van der Waals surface area contributed by atoms with Crippen molar-refractivity contribution in [3.05, 3.63) is 87.8 Å². The first-order chi connectivity index (χ1) is 14.4. The molecule has 0 saturated carbocycles. The molecule has 30 heavy (non-hydrogen) atoms. The summed E-state index contributed by atoms with van der Waals surface area (Å²) in [4.78, 5) is 26.2. The number of ketones is 1. The number of carbonyl (C=O) groups is 2. The number of nitrogens with one attached hydrogen (secondary N) is 2. The van der Waals surface area contributed by atoms with Gasteiger partial charge in [0.25, 0.3) is 0 Å². The van der Waals surface area contributed by atoms with Gasteiger partial charge in [-0.25, -0.2) is 0 Å². The number of para-hydroxylation sites is 1. The molecule has 1 heterocycles. The second kappa shape index (κ2) is 8.26. The number of fused-ring (bicyclic) bond motifs is 1. The number of phenols is 1. The highest BCUT2D eigenvalue weighted by Crippen LogP contribution is 2.44. The van der Waals surface area contributed by atoms with Crippen molar-refractivity contribution >= 4 is 52.1 Å². The number of aromatic hydroxyl groups is 1. The van der Waals surface area contributed by atoms with Crippen LogP contribution in [0.15, 0.2) is 76.5 Å². The number of thioether (sulfide) groups is 1. The van der Waals surface area contributed by atoms with Gasteiger partial charge in [0, 0.05) is 22.5 Å². The molecule has 4 rings (SSSR count). The van der Waals surface area contributed by atoms with Gasteiger partial charge in [-0.15, -0.1) is 0 Å². The fourth-order valence-corrected chi connectivity index (χ4v) is 4.31. The van der Waals surface area contributed by atoms with E-state index in [9.17, 15) is 14.7 Å². The topological polar surface area (TPSA) is 78.4 Å². The molecule has 0 aromatic heterocycles. The second-order valence-electron chi connectivity index (χ2n) is 6.68. The molecule has 0 fully saturated rings. The van der Waals surface area contributed by atoms with Crippen LogP contribution in [-0.2, 0) is 4.79 Å². The standard InChI is InChI=1S/C23H17ClN2O3S/c1-13(27)25-16-10-11-19(28)17(12-16)22(29)23-21(14-6-8-15(24)9-7-14)26-18-4-2-3-5-20(18)30-23/h2-12,26,28H,1H3,(H,25,27). The van der Waals surface area contributed by atoms with Crippen molar-refractivity contribution in [2.45, 2.75) is 11.8 Å². The van der Waals surface area contributed by atoms with Crippen molar-refractivity contribution in [2.75, 3.05) is 10.6 Å². The third-order valence-corrected chi connectivity index (χ3v) is 5.91. The van der Waals surface area contributed by atoms with Crippen molar-refractivity contribution in [3.8, 4) is 5.75 Å². The van der Waals surface area contributed by atoms with Gasteiger partial charge in [0.1, 0.15) is 5.75 Å². The molecule has 0 saturated heterocycles. The molecule has 0 atom stereocenters. The largest absolute Gasteiger partial charge is 0.507 e. The van der Waals surface area contributed by atoms with Crippen LogP contribution in [0.3, 0.4) is 0 Å². The third kappa shape index (κ3) is 4.06. The predicted molar refractivity (Wildman–Crippen MR) is 121 cm³/mol. The SMILES string of the molecule is CC(=O)Nc1ccc(O)c(C(=O)C2=C(c3ccc(Cl)cc3)Nc3ccccc3S2)c1. The molecule has 5 nitrogen and oxygen atoms in total. The van der Waals surface area contributed by atoms with E-state index in [1.807, 2.05) is 36.4 Å². The van der Waals surface area contributed by atoms with Crippen LogP contribution in [0.4, 0.5) is 11.4 Å². The first-order valence-electron chi connectivity index (χ1n) is 9.12. The van der Waals surface area contributed by atoms with E-state index in [1.54, 1.807) is 18.2 Å². The first-order valence-corrected chi connectivity index (χ1v) is 10.3. The molecule has 1 amide bonds. The van der Waals surface area contributed by atoms with Crippen LogP contribution < -0.4 is 10.6 Å². The Balaban J connectivity index is 1.83. The van der Waals surface area contributed by atoms with E-state index in [1.165, 1.54) is 30.8 Å². The number of anilines is 2. The van der Waals surface area contributed by atoms with E-state index < -0.39 is 0 Å². The highest BCUT2D eigenvalue weighted by molar-refractivity contribution is 8.04. The number of amides is 1. The lowest BCUT2D eigenvalue weighted by Gasteiger charge is -2.24. The van der Waals surface area contributed by atoms with E-state index in [4.69, 9.17) is 11.6 Å². The van der Waals surface area contributed by atoms with Gasteiger partial charge in [0.15, 0.2) is 0 Å². The van der Waals surface area contributed by atoms with Crippen molar-refractivity contribution in [3.63, 3.8) is 0 Å². The van der Waals surface area contributed by atoms with E-state index in [-0.39, 0.29) is 23.0 Å². The summed E-state index contributed by atoms with van der Waals surface area (Å²) >= 11 is 7.36. The van der Waals surface area contributed by atoms with Crippen LogP contribution in [0.25, 0.3) is 5.70 Å². The lowest BCUT2D eigenvalue weighted by molar-refractivity contribution is -0.114. The van der Waals surface area contributed by atoms with Crippen molar-refractivity contribution in [1.82, 2.24) is 0 Å². The van der Waals surface area contributed by atoms with Crippen LogP contribution >= 0.6 is 23.4 Å². The van der Waals surface area contributed by atoms with Crippen molar-refractivity contribution in [1.29, 1.82) is 0 Å². The molecule has 150 valence electrons. The van der Waals surface area contributed by atoms with Gasteiger partial charge in [-0.3, -0.25) is 9.59 Å². The van der Waals surface area contributed by atoms with E-state index in [0.29, 0.717) is 21.3 Å². The van der Waals surface area contributed by atoms with Crippen LogP contribution in [0.2, 0.25) is 5.02 Å². The maximum absolute atomic E-state index is 13.5. The van der Waals surface area contributed by atoms with Gasteiger partial charge >= 0.3 is 0 Å². The summed E-state index contributed by atoms with van der Waals surface area (Å²) in [5.41, 5.74) is 2.86. The predicted octanol–water partition coefficient (Wildman–Crippen LogP) is 5.77. The number of hydrogen-bond acceptors (Lipinski definition) is 5. The van der Waals surface area contributed by atoms with Gasteiger partial charge in [-0.1, -0.05) is 47.6 Å². The summed E-state index contributed by atoms with van der Waals surface area (Å²) in [6.45, 7) is 1.38. The molecule has 0 bridgehead atoms. The Morgan fingerprint density at radius 1 is 1.03 bits per heavy atom. The molecule has 0 spiro atoms. The Morgan fingerprint density at radius 2 is 1.77 bits per heavy atom. The van der Waals surface area contributed by atoms with Crippen LogP contribution in [0.1, 0.15) is 22.8 Å². The third-order valence-electron chi connectivity index (χ3n) is 4.49. The summed E-state index contributed by atoms with van der Waals surface area (Å²) < 4.78 is 0. The van der Waals surface area contributed by atoms with E-state index >= 15 is 0 Å². The fourth-order valence-electron chi connectivity index (χ4n) is 3.11. The smallest absolute Gasteiger partial charge is 0.221 e. The molecule has 3 aromatic rings. The molecule has 0 unspecified atom stereocenters. The minimum atomic E-state index is -0.350. The molecule has 0 aliphatic carbocycles. The van der Waals surface area contributed by atoms with Crippen LogP contribution in [0.5, 0.6) is 5.75 Å². The zero-order chi connectivity index (χ0) is 21.3. The van der Waals surface area contributed by atoms with Crippen molar-refractivity contribution in [2.24, 2.45) is 0 Å². The van der Waals surface area contributed by atoms with E-state index in [0.717, 1.165) is 16.1 Å². The Morgan fingerprint density at radius 3 is 2.50 bits per heavy atom. The van der Waals surface area contributed by atoms with E-state index in [2.05, 4.69) is 10.6 Å². The molecule has 7 heteroatoms. The molecule has 3 aromatic carbocycles. The summed E-state index contributed by atoms with van der Waals surface area (Å²) in [6.07, 6.45) is 0. The van der Waals surface area contributed by atoms with Crippen LogP contribution in [0, 0.1) is 0 Å². The van der Waals surface area contributed by atoms with Gasteiger partial charge in [-0.2, -0.15) is 0 Å². The maximum atomic E-state index is 13.5. The quantitative estimate of drug-likeness (QED) is 0.357. The minimum Gasteiger partial charge on any atom is -0.507 e. The van der Waals surface area contributed by atoms with Gasteiger partial charge in [0.2, 0.25) is 11.7 Å². The molecule has 3 N–H and O–H groups in total. The Kier molecular flexibility index (Phi) is 5.53. The number of carbonyl (C=O) groups excluding carboxylic acids is 2. The number of allylic oxidation sites excluding steroid dienone is 1. The molecule has 1 aliphatic rings. The molecular formula is C23H17ClN2O3S. The van der Waals surface area contributed by atoms with Gasteiger partial charge in [-0.05, 0) is 48.0 Å². The number of hydrogen-bond donors (Lipinski definition) is 3. The molecule has 0 radical (unpaired) electrons. The molecular weight excluding hydrogens is 420 g/mol. The second-order valence-corrected chi connectivity index (χ2v) is 8.17. The number of Topliss-reactive ketones (excluding diaryl/α,β-unsaturated/α-hetero) is 1. The lowest BCUT2D eigenvalue weighted by Crippen LogP contribution is -2.14. The Bertz CT molecular complexity index is 1190. The average Bonchev–Trinajstić information content (AvgIpc) is 2.74. The minimum absolute atomic E-state index is 0.108. The number of rotatable bonds is 4. The Hall–Kier alpha value is -3.22. The van der Waals surface area contributed by atoms with Gasteiger partial charge < -0.3 is 15.7 Å². The zero-order valence-corrected chi connectivity index (χ0v) is 17.5. The normalized spacial score (nSPS) is 12.7. The zero-order valence-electron chi connectivity index (χ0n) is 15.9. The lowest BCUT2D eigenvalue weighted by atomic mass is 10.0. The highest BCUT2D eigenvalue weighted by atomic mass is 35.5. The van der Waals surface area contributed by atoms with Crippen LogP contribution in [-0.4, -0.2) is 16.8 Å². The summed E-state index contributed by atoms with van der Waals surface area (Å²) in [5.74, 6) is -0.768. The first kappa shape index (κ1) is 20.1. The average molecular weight is 437 g/mol. The summed E-state index contributed by atoms with van der Waals surface area (Å²) in [7, 11) is 0. The number of benzene rings is 3. The summed E-state index contributed by atoms with van der Waals surface area (Å²) in [5, 5.41) is 16.9. The monoisotopic (exact) mass is 436 g/mol. The number of phenolic OH excluding ortho intramolecular Hbond substituents is 1. The maximum Gasteiger partial charge on any atom is 0.221 e. The number of halogens is 1. The van der Waals surface area contributed by atoms with Crippen molar-refractivity contribution < 1.29 is 14.7 Å². The Labute approximate surface area is 182 Å². The fraction of sp³-hybridized carbons (Fsp3) is 0.0435. The summed E-state index contributed by atoms with van der Waals surface area (Å²) in [6, 6.07) is 19.3. The molecule has 1 aliphatic heterocycles.